The lowest BCUT2D eigenvalue weighted by molar-refractivity contribution is 0.493. The molecule has 0 aliphatic rings. The van der Waals surface area contributed by atoms with Gasteiger partial charge in [-0.1, -0.05) is 11.6 Å². The first-order chi connectivity index (χ1) is 9.47. The first kappa shape index (κ1) is 13.2. The Hall–Kier alpha value is -1.79. The van der Waals surface area contributed by atoms with Crippen molar-refractivity contribution in [2.75, 3.05) is 0 Å². The minimum atomic E-state index is -1.25. The Morgan fingerprint density at radius 3 is 2.45 bits per heavy atom. The molecule has 1 heterocycles. The highest BCUT2D eigenvalue weighted by molar-refractivity contribution is 7.71. The lowest BCUT2D eigenvalue weighted by Gasteiger charge is -2.07. The van der Waals surface area contributed by atoms with Crippen LogP contribution in [-0.2, 0) is 0 Å². The molecule has 1 N–H and O–H groups in total. The van der Waals surface area contributed by atoms with Crippen LogP contribution in [0.25, 0.3) is 16.7 Å². The third kappa shape index (κ3) is 2.01. The van der Waals surface area contributed by atoms with Crippen LogP contribution in [0.2, 0.25) is 5.02 Å². The van der Waals surface area contributed by atoms with Crippen molar-refractivity contribution in [3.8, 4) is 5.69 Å². The maximum absolute atomic E-state index is 13.9. The zero-order valence-electron chi connectivity index (χ0n) is 9.75. The fraction of sp³-hybridized carbons (Fsp3) is 0. The summed E-state index contributed by atoms with van der Waals surface area (Å²) >= 11 is 11.0. The summed E-state index contributed by atoms with van der Waals surface area (Å²) in [4.78, 5) is 2.84. The van der Waals surface area contributed by atoms with Gasteiger partial charge >= 0.3 is 0 Å². The molecule has 2 nitrogen and oxygen atoms in total. The number of hydrogen-bond acceptors (Lipinski definition) is 1. The lowest BCUT2D eigenvalue weighted by Crippen LogP contribution is -2.00. The summed E-state index contributed by atoms with van der Waals surface area (Å²) in [5, 5.41) is 0.478. The minimum Gasteiger partial charge on any atom is -0.330 e. The van der Waals surface area contributed by atoms with Crippen LogP contribution in [0, 0.1) is 22.2 Å². The quantitative estimate of drug-likeness (QED) is 0.507. The van der Waals surface area contributed by atoms with E-state index in [-0.39, 0.29) is 10.5 Å². The van der Waals surface area contributed by atoms with Crippen molar-refractivity contribution in [3.05, 3.63) is 57.6 Å². The molecular formula is C13H6ClF3N2S. The summed E-state index contributed by atoms with van der Waals surface area (Å²) in [6.07, 6.45) is 0. The second-order valence-corrected chi connectivity index (χ2v) is 4.97. The summed E-state index contributed by atoms with van der Waals surface area (Å²) in [6, 6.07) is 6.08. The molecule has 0 saturated heterocycles. The summed E-state index contributed by atoms with van der Waals surface area (Å²) in [6.45, 7) is 0. The van der Waals surface area contributed by atoms with Crippen LogP contribution < -0.4 is 0 Å². The van der Waals surface area contributed by atoms with Gasteiger partial charge in [0.1, 0.15) is 5.82 Å². The number of aromatic nitrogens is 2. The van der Waals surface area contributed by atoms with Crippen LogP contribution in [0.1, 0.15) is 0 Å². The van der Waals surface area contributed by atoms with Gasteiger partial charge in [-0.2, -0.15) is 0 Å². The lowest BCUT2D eigenvalue weighted by atomic mass is 10.2. The fourth-order valence-electron chi connectivity index (χ4n) is 2.01. The largest absolute Gasteiger partial charge is 0.330 e. The number of H-pyrrole nitrogens is 1. The Balaban J connectivity index is 2.38. The molecule has 0 unspecified atom stereocenters. The molecule has 0 atom stereocenters. The second-order valence-electron chi connectivity index (χ2n) is 4.14. The molecule has 0 aliphatic heterocycles. The van der Waals surface area contributed by atoms with Crippen LogP contribution in [0.5, 0.6) is 0 Å². The van der Waals surface area contributed by atoms with Gasteiger partial charge in [0.15, 0.2) is 16.4 Å². The summed E-state index contributed by atoms with van der Waals surface area (Å²) in [5.41, 5.74) is 0.929. The van der Waals surface area contributed by atoms with Gasteiger partial charge in [0.25, 0.3) is 0 Å². The van der Waals surface area contributed by atoms with Gasteiger partial charge in [-0.05, 0) is 30.4 Å². The van der Waals surface area contributed by atoms with E-state index in [1.54, 1.807) is 18.2 Å². The summed E-state index contributed by atoms with van der Waals surface area (Å²) in [7, 11) is 0. The monoisotopic (exact) mass is 314 g/mol. The van der Waals surface area contributed by atoms with Crippen LogP contribution >= 0.6 is 23.8 Å². The second kappa shape index (κ2) is 4.64. The highest BCUT2D eigenvalue weighted by Gasteiger charge is 2.15. The van der Waals surface area contributed by atoms with Gasteiger partial charge in [0, 0.05) is 17.2 Å². The molecule has 2 aromatic carbocycles. The molecule has 7 heteroatoms. The maximum Gasteiger partial charge on any atom is 0.182 e. The topological polar surface area (TPSA) is 20.7 Å². The van der Waals surface area contributed by atoms with E-state index in [4.69, 9.17) is 23.8 Å². The number of nitrogens with one attached hydrogen (secondary N) is 1. The van der Waals surface area contributed by atoms with Crippen LogP contribution in [-0.4, -0.2) is 9.55 Å². The standard InChI is InChI=1S/C13H6ClF3N2S/c14-6-1-2-11-10(3-6)18-13(20)19(11)12-5-8(16)7(15)4-9(12)17/h1-5H,(H,18,20). The maximum atomic E-state index is 13.9. The Labute approximate surface area is 121 Å². The van der Waals surface area contributed by atoms with Crippen LogP contribution in [0.3, 0.4) is 0 Å². The number of imidazole rings is 1. The van der Waals surface area contributed by atoms with Crippen molar-refractivity contribution in [2.45, 2.75) is 0 Å². The SMILES string of the molecule is Fc1cc(F)c(-n2c(=S)[nH]c3cc(Cl)ccc32)cc1F. The highest BCUT2D eigenvalue weighted by Crippen LogP contribution is 2.25. The predicted octanol–water partition coefficient (Wildman–Crippen LogP) is 4.76. The average molecular weight is 315 g/mol. The van der Waals surface area contributed by atoms with Crippen molar-refractivity contribution >= 4 is 34.9 Å². The molecule has 0 aliphatic carbocycles. The van der Waals surface area contributed by atoms with E-state index in [2.05, 4.69) is 4.98 Å². The number of hydrogen-bond donors (Lipinski definition) is 1. The average Bonchev–Trinajstić information content (AvgIpc) is 2.69. The van der Waals surface area contributed by atoms with Gasteiger partial charge in [-0.3, -0.25) is 4.57 Å². The third-order valence-corrected chi connectivity index (χ3v) is 3.39. The molecule has 102 valence electrons. The van der Waals surface area contributed by atoms with Crippen LogP contribution in [0.4, 0.5) is 13.2 Å². The smallest absolute Gasteiger partial charge is 0.182 e. The van der Waals surface area contributed by atoms with Crippen LogP contribution in [0.15, 0.2) is 30.3 Å². The molecule has 0 bridgehead atoms. The molecule has 0 amide bonds. The van der Waals surface area contributed by atoms with E-state index in [0.717, 1.165) is 6.07 Å². The molecular weight excluding hydrogens is 309 g/mol. The van der Waals surface area contributed by atoms with Crippen molar-refractivity contribution in [1.29, 1.82) is 0 Å². The van der Waals surface area contributed by atoms with Crippen molar-refractivity contribution < 1.29 is 13.2 Å². The molecule has 0 saturated carbocycles. The third-order valence-electron chi connectivity index (χ3n) is 2.87. The Morgan fingerprint density at radius 1 is 1.00 bits per heavy atom. The molecule has 20 heavy (non-hydrogen) atoms. The number of rotatable bonds is 1. The number of nitrogens with zero attached hydrogens (tertiary/aromatic N) is 1. The summed E-state index contributed by atoms with van der Waals surface area (Å²) in [5.74, 6) is -3.30. The summed E-state index contributed by atoms with van der Waals surface area (Å²) < 4.78 is 41.6. The van der Waals surface area contributed by atoms with Gasteiger partial charge in [-0.15, -0.1) is 0 Å². The van der Waals surface area contributed by atoms with Gasteiger partial charge in [0.2, 0.25) is 0 Å². The van der Waals surface area contributed by atoms with E-state index in [1.807, 2.05) is 0 Å². The Bertz CT molecular complexity index is 885. The van der Waals surface area contributed by atoms with E-state index in [0.29, 0.717) is 22.1 Å². The van der Waals surface area contributed by atoms with E-state index >= 15 is 0 Å². The van der Waals surface area contributed by atoms with Gasteiger partial charge in [-0.25, -0.2) is 13.2 Å². The normalized spacial score (nSPS) is 11.2. The Morgan fingerprint density at radius 2 is 1.70 bits per heavy atom. The zero-order valence-corrected chi connectivity index (χ0v) is 11.3. The molecule has 0 spiro atoms. The molecule has 3 rings (SSSR count). The first-order valence-corrected chi connectivity index (χ1v) is 6.31. The van der Waals surface area contributed by atoms with E-state index < -0.39 is 17.5 Å². The molecule has 1 aromatic heterocycles. The van der Waals surface area contributed by atoms with Crippen molar-refractivity contribution in [1.82, 2.24) is 9.55 Å². The fourth-order valence-corrected chi connectivity index (χ4v) is 2.49. The molecule has 3 aromatic rings. The van der Waals surface area contributed by atoms with E-state index in [1.165, 1.54) is 4.57 Å². The molecule has 0 fully saturated rings. The van der Waals surface area contributed by atoms with Gasteiger partial charge < -0.3 is 4.98 Å². The molecule has 0 radical (unpaired) electrons. The van der Waals surface area contributed by atoms with Gasteiger partial charge in [0.05, 0.1) is 16.7 Å². The number of halogens is 4. The predicted molar refractivity (Wildman–Crippen MR) is 73.3 cm³/mol. The number of aromatic amines is 1. The van der Waals surface area contributed by atoms with E-state index in [9.17, 15) is 13.2 Å². The minimum absolute atomic E-state index is 0.159. The zero-order chi connectivity index (χ0) is 14.4. The number of fused-ring (bicyclic) bond motifs is 1. The Kier molecular flexibility index (Phi) is 3.07. The first-order valence-electron chi connectivity index (χ1n) is 5.52. The number of benzene rings is 2. The van der Waals surface area contributed by atoms with Crippen molar-refractivity contribution in [2.24, 2.45) is 0 Å². The van der Waals surface area contributed by atoms with Crippen molar-refractivity contribution in [3.63, 3.8) is 0 Å². The highest BCUT2D eigenvalue weighted by atomic mass is 35.5.